The Morgan fingerprint density at radius 2 is 2.00 bits per heavy atom. The van der Waals surface area contributed by atoms with Crippen molar-refractivity contribution in [2.45, 2.75) is 45.7 Å². The van der Waals surface area contributed by atoms with Crippen molar-refractivity contribution in [3.8, 4) is 5.75 Å². The number of nitrogens with two attached hydrogens (primary N) is 1. The second kappa shape index (κ2) is 9.11. The number of carbonyl (C=O) groups excluding carboxylic acids is 2. The van der Waals surface area contributed by atoms with Crippen LogP contribution >= 0.6 is 0 Å². The molecule has 0 saturated heterocycles. The van der Waals surface area contributed by atoms with Crippen molar-refractivity contribution < 1.29 is 14.3 Å². The largest absolute Gasteiger partial charge is 0.494 e. The molecule has 2 heterocycles. The highest BCUT2D eigenvalue weighted by molar-refractivity contribution is 6.10. The van der Waals surface area contributed by atoms with Gasteiger partial charge in [-0.3, -0.25) is 14.5 Å². The number of hydrogen-bond donors (Lipinski definition) is 1. The third-order valence-electron chi connectivity index (χ3n) is 5.32. The number of ether oxygens (including phenoxy) is 1. The van der Waals surface area contributed by atoms with Gasteiger partial charge >= 0.3 is 0 Å². The van der Waals surface area contributed by atoms with E-state index in [4.69, 9.17) is 10.6 Å². The molecule has 1 aromatic heterocycles. The molecule has 2 aromatic rings. The first kappa shape index (κ1) is 22.2. The van der Waals surface area contributed by atoms with Crippen LogP contribution in [0.3, 0.4) is 0 Å². The molecule has 0 fully saturated rings. The van der Waals surface area contributed by atoms with Crippen LogP contribution in [-0.4, -0.2) is 40.8 Å². The van der Waals surface area contributed by atoms with E-state index < -0.39 is 5.54 Å². The van der Waals surface area contributed by atoms with Gasteiger partial charge in [0.2, 0.25) is 0 Å². The summed E-state index contributed by atoms with van der Waals surface area (Å²) in [5.74, 6) is 5.65. The van der Waals surface area contributed by atoms with Gasteiger partial charge in [-0.05, 0) is 37.1 Å². The van der Waals surface area contributed by atoms with Gasteiger partial charge in [0.15, 0.2) is 11.3 Å². The van der Waals surface area contributed by atoms with E-state index in [0.29, 0.717) is 42.1 Å². The molecule has 1 atom stereocenters. The van der Waals surface area contributed by atoms with Crippen LogP contribution in [0.25, 0.3) is 0 Å². The van der Waals surface area contributed by atoms with Gasteiger partial charge in [-0.2, -0.15) is 0 Å². The molecule has 0 bridgehead atoms. The number of likely N-dealkylation sites (N-methyl/N-ethyl adjacent to an activating group) is 1. The number of nitrogens with zero attached hydrogens (tertiary/aromatic N) is 5. The maximum absolute atomic E-state index is 13.6. The maximum atomic E-state index is 13.6. The predicted octanol–water partition coefficient (Wildman–Crippen LogP) is 3.29. The Hall–Kier alpha value is -3.49. The molecule has 2 N–H and O–H groups in total. The lowest BCUT2D eigenvalue weighted by Gasteiger charge is -2.25. The molecule has 9 nitrogen and oxygen atoms in total. The van der Waals surface area contributed by atoms with E-state index in [0.717, 1.165) is 6.42 Å². The number of aliphatic imine (C=N–C) groups is 1. The van der Waals surface area contributed by atoms with Crippen molar-refractivity contribution in [1.82, 2.24) is 9.47 Å². The first-order chi connectivity index (χ1) is 14.9. The Labute approximate surface area is 181 Å². The van der Waals surface area contributed by atoms with E-state index in [9.17, 15) is 9.59 Å². The Bertz CT molecular complexity index is 1040. The van der Waals surface area contributed by atoms with Crippen molar-refractivity contribution in [1.29, 1.82) is 0 Å². The smallest absolute Gasteiger partial charge is 0.266 e. The standard InChI is InChI=1S/C22H28N6O3/c1-5-11-31-17-10-8-9-15(12-17)22(20(30)27(4)21(24-22)25-26-23)16-13-18(19(29)6-2)28(7-3)14-16/h8-10,12-14H,5-7,11H2,1-4H3,(H2,23,24,25). The average molecular weight is 425 g/mol. The van der Waals surface area contributed by atoms with Gasteiger partial charge < -0.3 is 15.1 Å². The fourth-order valence-corrected chi connectivity index (χ4v) is 3.71. The number of aryl methyl sites for hydroxylation is 1. The van der Waals surface area contributed by atoms with E-state index in [-0.39, 0.29) is 17.6 Å². The zero-order valence-electron chi connectivity index (χ0n) is 18.3. The molecule has 0 spiro atoms. The SMILES string of the molecule is CCCOc1cccc(C2(c3cc(C(=O)CC)n(CC)c3)N=C(N=NN)N(C)C2=O)c1. The van der Waals surface area contributed by atoms with Crippen LogP contribution in [0.4, 0.5) is 0 Å². The zero-order valence-corrected chi connectivity index (χ0v) is 18.3. The summed E-state index contributed by atoms with van der Waals surface area (Å²) in [5.41, 5.74) is 0.312. The summed E-state index contributed by atoms with van der Waals surface area (Å²) in [4.78, 5) is 32.1. The van der Waals surface area contributed by atoms with Crippen LogP contribution in [-0.2, 0) is 16.9 Å². The van der Waals surface area contributed by atoms with Crippen molar-refractivity contribution in [3.63, 3.8) is 0 Å². The summed E-state index contributed by atoms with van der Waals surface area (Å²) in [6.45, 7) is 6.92. The highest BCUT2D eigenvalue weighted by Gasteiger charge is 2.51. The van der Waals surface area contributed by atoms with Crippen molar-refractivity contribution >= 4 is 17.6 Å². The number of guanidine groups is 1. The number of amides is 1. The van der Waals surface area contributed by atoms with Gasteiger partial charge in [0.05, 0.1) is 12.3 Å². The molecule has 0 saturated carbocycles. The Kier molecular flexibility index (Phi) is 6.53. The third-order valence-corrected chi connectivity index (χ3v) is 5.32. The maximum Gasteiger partial charge on any atom is 0.266 e. The molecule has 1 aliphatic rings. The number of hydrogen-bond acceptors (Lipinski definition) is 6. The predicted molar refractivity (Wildman–Crippen MR) is 117 cm³/mol. The normalized spacial score (nSPS) is 18.6. The third kappa shape index (κ3) is 3.83. The van der Waals surface area contributed by atoms with Gasteiger partial charge in [-0.15, -0.1) is 0 Å². The first-order valence-corrected chi connectivity index (χ1v) is 10.4. The van der Waals surface area contributed by atoms with Crippen LogP contribution in [0, 0.1) is 0 Å². The Balaban J connectivity index is 2.26. The average Bonchev–Trinajstić information content (AvgIpc) is 3.33. The molecular weight excluding hydrogens is 396 g/mol. The van der Waals surface area contributed by atoms with Crippen LogP contribution in [0.2, 0.25) is 0 Å². The molecule has 164 valence electrons. The molecule has 1 amide bonds. The summed E-state index contributed by atoms with van der Waals surface area (Å²) in [5, 5.41) is 7.14. The monoisotopic (exact) mass is 424 g/mol. The molecule has 0 radical (unpaired) electrons. The number of ketones is 1. The Morgan fingerprint density at radius 1 is 1.23 bits per heavy atom. The quantitative estimate of drug-likeness (QED) is 0.303. The molecule has 0 aliphatic carbocycles. The lowest BCUT2D eigenvalue weighted by molar-refractivity contribution is -0.129. The van der Waals surface area contributed by atoms with E-state index in [1.54, 1.807) is 25.4 Å². The van der Waals surface area contributed by atoms with Gasteiger partial charge in [0.25, 0.3) is 11.9 Å². The minimum atomic E-state index is -1.42. The molecular formula is C22H28N6O3. The fourth-order valence-electron chi connectivity index (χ4n) is 3.71. The molecule has 1 aromatic carbocycles. The van der Waals surface area contributed by atoms with Crippen LogP contribution in [0.5, 0.6) is 5.75 Å². The summed E-state index contributed by atoms with van der Waals surface area (Å²) in [6, 6.07) is 9.03. The fraction of sp³-hybridized carbons (Fsp3) is 0.409. The highest BCUT2D eigenvalue weighted by Crippen LogP contribution is 2.42. The van der Waals surface area contributed by atoms with Crippen molar-refractivity contribution in [2.75, 3.05) is 13.7 Å². The van der Waals surface area contributed by atoms with E-state index in [1.165, 1.54) is 4.90 Å². The molecule has 1 unspecified atom stereocenters. The van der Waals surface area contributed by atoms with Crippen LogP contribution < -0.4 is 10.6 Å². The summed E-state index contributed by atoms with van der Waals surface area (Å²) >= 11 is 0. The van der Waals surface area contributed by atoms with Crippen molar-refractivity contribution in [3.05, 3.63) is 53.3 Å². The number of aromatic nitrogens is 1. The topological polar surface area (TPSA) is 115 Å². The van der Waals surface area contributed by atoms with E-state index in [2.05, 4.69) is 15.3 Å². The summed E-state index contributed by atoms with van der Waals surface area (Å²) < 4.78 is 7.62. The molecule has 9 heteroatoms. The van der Waals surface area contributed by atoms with Crippen molar-refractivity contribution in [2.24, 2.45) is 21.2 Å². The first-order valence-electron chi connectivity index (χ1n) is 10.4. The highest BCUT2D eigenvalue weighted by atomic mass is 16.5. The summed E-state index contributed by atoms with van der Waals surface area (Å²) in [6.07, 6.45) is 3.03. The number of Topliss-reactive ketones (excluding diaryl/α,β-unsaturated/α-hetero) is 1. The Morgan fingerprint density at radius 3 is 2.65 bits per heavy atom. The molecule has 31 heavy (non-hydrogen) atoms. The number of rotatable bonds is 8. The van der Waals surface area contributed by atoms with E-state index in [1.807, 2.05) is 43.5 Å². The number of benzene rings is 1. The van der Waals surface area contributed by atoms with Gasteiger partial charge in [0.1, 0.15) is 5.75 Å². The minimum Gasteiger partial charge on any atom is -0.494 e. The molecule has 3 rings (SSSR count). The zero-order chi connectivity index (χ0) is 22.6. The second-order valence-corrected chi connectivity index (χ2v) is 7.25. The minimum absolute atomic E-state index is 0.00655. The lowest BCUT2D eigenvalue weighted by atomic mass is 9.84. The number of carbonyl (C=O) groups is 2. The van der Waals surface area contributed by atoms with Gasteiger partial charge in [-0.1, -0.05) is 36.3 Å². The molecule has 1 aliphatic heterocycles. The second-order valence-electron chi connectivity index (χ2n) is 7.25. The summed E-state index contributed by atoms with van der Waals surface area (Å²) in [7, 11) is 1.57. The van der Waals surface area contributed by atoms with Gasteiger partial charge in [0, 0.05) is 31.8 Å². The van der Waals surface area contributed by atoms with Crippen LogP contribution in [0.15, 0.2) is 51.9 Å². The van der Waals surface area contributed by atoms with Crippen LogP contribution in [0.1, 0.15) is 55.2 Å². The van der Waals surface area contributed by atoms with Gasteiger partial charge in [-0.25, -0.2) is 4.99 Å². The van der Waals surface area contributed by atoms with E-state index >= 15 is 0 Å². The lowest BCUT2D eigenvalue weighted by Crippen LogP contribution is -2.39.